The fourth-order valence-corrected chi connectivity index (χ4v) is 2.08. The summed E-state index contributed by atoms with van der Waals surface area (Å²) in [5, 5.41) is 2.57. The van der Waals surface area contributed by atoms with Gasteiger partial charge in [0.15, 0.2) is 0 Å². The Morgan fingerprint density at radius 2 is 2.24 bits per heavy atom. The van der Waals surface area contributed by atoms with Crippen molar-refractivity contribution in [1.82, 2.24) is 15.2 Å². The summed E-state index contributed by atoms with van der Waals surface area (Å²) in [6, 6.07) is 1.92. The monoisotopic (exact) mass is 297 g/mol. The topological polar surface area (TPSA) is 62.3 Å². The molecule has 0 bridgehead atoms. The number of nitrogens with zero attached hydrogens (tertiary/aromatic N) is 2. The smallest absolute Gasteiger partial charge is 0.242 e. The maximum Gasteiger partial charge on any atom is 0.242 e. The van der Waals surface area contributed by atoms with Crippen LogP contribution in [-0.4, -0.2) is 34.8 Å². The molecule has 1 aromatic heterocycles. The third-order valence-corrected chi connectivity index (χ3v) is 2.97. The molecule has 2 heterocycles. The van der Waals surface area contributed by atoms with E-state index in [1.807, 2.05) is 6.07 Å². The second-order valence-electron chi connectivity index (χ2n) is 3.85. The van der Waals surface area contributed by atoms with Gasteiger partial charge in [-0.3, -0.25) is 14.6 Å². The van der Waals surface area contributed by atoms with Crippen molar-refractivity contribution < 1.29 is 9.59 Å². The summed E-state index contributed by atoms with van der Waals surface area (Å²) in [5.41, 5.74) is 0.946. The van der Waals surface area contributed by atoms with Gasteiger partial charge in [0, 0.05) is 36.4 Å². The fraction of sp³-hybridized carbons (Fsp3) is 0.364. The first kappa shape index (κ1) is 12.0. The standard InChI is InChI=1S/C11H12BrN3O2/c12-9-3-8(4-13-5-9)7-15-2-1-10(16)14-6-11(15)17/h3-5H,1-2,6-7H2,(H,14,16). The van der Waals surface area contributed by atoms with Crippen LogP contribution in [0.4, 0.5) is 0 Å². The summed E-state index contributed by atoms with van der Waals surface area (Å²) in [6.45, 7) is 1.03. The Morgan fingerprint density at radius 1 is 1.41 bits per heavy atom. The Labute approximate surface area is 107 Å². The van der Waals surface area contributed by atoms with Gasteiger partial charge in [-0.05, 0) is 27.6 Å². The van der Waals surface area contributed by atoms with Crippen LogP contribution in [0.2, 0.25) is 0 Å². The molecule has 5 nitrogen and oxygen atoms in total. The zero-order valence-corrected chi connectivity index (χ0v) is 10.7. The second kappa shape index (κ2) is 5.27. The Bertz CT molecular complexity index is 450. The molecule has 1 aromatic rings. The molecule has 17 heavy (non-hydrogen) atoms. The summed E-state index contributed by atoms with van der Waals surface area (Å²) in [5.74, 6) is -0.135. The van der Waals surface area contributed by atoms with Gasteiger partial charge in [0.05, 0.1) is 6.54 Å². The molecule has 90 valence electrons. The van der Waals surface area contributed by atoms with Gasteiger partial charge in [0.1, 0.15) is 0 Å². The van der Waals surface area contributed by atoms with E-state index in [0.29, 0.717) is 19.5 Å². The van der Waals surface area contributed by atoms with Crippen molar-refractivity contribution in [2.75, 3.05) is 13.1 Å². The molecule has 0 spiro atoms. The van der Waals surface area contributed by atoms with Crippen molar-refractivity contribution in [2.45, 2.75) is 13.0 Å². The van der Waals surface area contributed by atoms with E-state index >= 15 is 0 Å². The zero-order chi connectivity index (χ0) is 12.3. The first-order chi connectivity index (χ1) is 8.15. The number of hydrogen-bond donors (Lipinski definition) is 1. The predicted molar refractivity (Wildman–Crippen MR) is 65.0 cm³/mol. The number of rotatable bonds is 2. The van der Waals surface area contributed by atoms with Crippen LogP contribution < -0.4 is 5.32 Å². The highest BCUT2D eigenvalue weighted by molar-refractivity contribution is 9.10. The van der Waals surface area contributed by atoms with Crippen LogP contribution in [0.3, 0.4) is 0 Å². The largest absolute Gasteiger partial charge is 0.347 e. The molecule has 0 unspecified atom stereocenters. The van der Waals surface area contributed by atoms with Crippen molar-refractivity contribution in [1.29, 1.82) is 0 Å². The van der Waals surface area contributed by atoms with Crippen LogP contribution in [0.15, 0.2) is 22.9 Å². The molecule has 1 saturated heterocycles. The number of amides is 2. The Morgan fingerprint density at radius 3 is 3.00 bits per heavy atom. The maximum atomic E-state index is 11.7. The van der Waals surface area contributed by atoms with E-state index in [9.17, 15) is 9.59 Å². The SMILES string of the molecule is O=C1CCN(Cc2cncc(Br)c2)C(=O)CN1. The summed E-state index contributed by atoms with van der Waals surface area (Å²) in [7, 11) is 0. The highest BCUT2D eigenvalue weighted by Gasteiger charge is 2.19. The Kier molecular flexibility index (Phi) is 3.73. The molecular weight excluding hydrogens is 286 g/mol. The third-order valence-electron chi connectivity index (χ3n) is 2.53. The minimum Gasteiger partial charge on any atom is -0.347 e. The number of carbonyl (C=O) groups excluding carboxylic acids is 2. The van der Waals surface area contributed by atoms with Gasteiger partial charge in [-0.15, -0.1) is 0 Å². The predicted octanol–water partition coefficient (Wildman–Crippen LogP) is 0.693. The number of carbonyl (C=O) groups is 2. The summed E-state index contributed by atoms with van der Waals surface area (Å²) in [6.07, 6.45) is 3.77. The summed E-state index contributed by atoms with van der Waals surface area (Å²) in [4.78, 5) is 28.6. The van der Waals surface area contributed by atoms with E-state index < -0.39 is 0 Å². The van der Waals surface area contributed by atoms with E-state index in [1.54, 1.807) is 17.3 Å². The number of halogens is 1. The molecule has 1 aliphatic heterocycles. The molecule has 2 rings (SSSR count). The van der Waals surface area contributed by atoms with Crippen molar-refractivity contribution in [3.63, 3.8) is 0 Å². The van der Waals surface area contributed by atoms with Crippen LogP contribution in [0.5, 0.6) is 0 Å². The molecule has 6 heteroatoms. The van der Waals surface area contributed by atoms with Gasteiger partial charge in [0.25, 0.3) is 0 Å². The minimum absolute atomic E-state index is 0.0594. The molecule has 0 aromatic carbocycles. The molecule has 1 fully saturated rings. The van der Waals surface area contributed by atoms with Gasteiger partial charge < -0.3 is 10.2 Å². The molecule has 0 saturated carbocycles. The minimum atomic E-state index is -0.0757. The van der Waals surface area contributed by atoms with Gasteiger partial charge >= 0.3 is 0 Å². The van der Waals surface area contributed by atoms with Crippen LogP contribution in [-0.2, 0) is 16.1 Å². The first-order valence-corrected chi connectivity index (χ1v) is 6.08. The van der Waals surface area contributed by atoms with Crippen LogP contribution >= 0.6 is 15.9 Å². The van der Waals surface area contributed by atoms with Crippen molar-refractivity contribution in [3.05, 3.63) is 28.5 Å². The maximum absolute atomic E-state index is 11.7. The van der Waals surface area contributed by atoms with Crippen LogP contribution in [0, 0.1) is 0 Å². The lowest BCUT2D eigenvalue weighted by Gasteiger charge is -2.19. The van der Waals surface area contributed by atoms with Crippen LogP contribution in [0.25, 0.3) is 0 Å². The van der Waals surface area contributed by atoms with E-state index in [4.69, 9.17) is 0 Å². The molecule has 2 amide bonds. The Balaban J connectivity index is 2.07. The van der Waals surface area contributed by atoms with E-state index in [1.165, 1.54) is 0 Å². The average molecular weight is 298 g/mol. The molecule has 0 aliphatic carbocycles. The van der Waals surface area contributed by atoms with Gasteiger partial charge in [0.2, 0.25) is 11.8 Å². The molecular formula is C11H12BrN3O2. The number of aromatic nitrogens is 1. The highest BCUT2D eigenvalue weighted by atomic mass is 79.9. The first-order valence-electron chi connectivity index (χ1n) is 5.29. The molecule has 0 atom stereocenters. The average Bonchev–Trinajstić information content (AvgIpc) is 2.45. The molecule has 1 aliphatic rings. The summed E-state index contributed by atoms with van der Waals surface area (Å²) < 4.78 is 0.881. The van der Waals surface area contributed by atoms with Crippen LogP contribution in [0.1, 0.15) is 12.0 Å². The number of pyridine rings is 1. The number of nitrogens with one attached hydrogen (secondary N) is 1. The lowest BCUT2D eigenvalue weighted by Crippen LogP contribution is -2.34. The zero-order valence-electron chi connectivity index (χ0n) is 9.15. The normalized spacial score (nSPS) is 16.6. The van der Waals surface area contributed by atoms with E-state index in [2.05, 4.69) is 26.2 Å². The van der Waals surface area contributed by atoms with E-state index in [-0.39, 0.29) is 18.4 Å². The van der Waals surface area contributed by atoms with Crippen molar-refractivity contribution in [2.24, 2.45) is 0 Å². The quantitative estimate of drug-likeness (QED) is 0.874. The van der Waals surface area contributed by atoms with Gasteiger partial charge in [-0.25, -0.2) is 0 Å². The van der Waals surface area contributed by atoms with Crippen molar-refractivity contribution in [3.8, 4) is 0 Å². The molecule has 1 N–H and O–H groups in total. The van der Waals surface area contributed by atoms with Gasteiger partial charge in [-0.1, -0.05) is 0 Å². The second-order valence-corrected chi connectivity index (χ2v) is 4.77. The highest BCUT2D eigenvalue weighted by Crippen LogP contribution is 2.12. The molecule has 0 radical (unpaired) electrons. The number of hydrogen-bond acceptors (Lipinski definition) is 3. The van der Waals surface area contributed by atoms with E-state index in [0.717, 1.165) is 10.0 Å². The Hall–Kier alpha value is -1.43. The lowest BCUT2D eigenvalue weighted by molar-refractivity contribution is -0.130. The lowest BCUT2D eigenvalue weighted by atomic mass is 10.2. The third kappa shape index (κ3) is 3.26. The van der Waals surface area contributed by atoms with Gasteiger partial charge in [-0.2, -0.15) is 0 Å². The fourth-order valence-electron chi connectivity index (χ4n) is 1.67. The van der Waals surface area contributed by atoms with Crippen molar-refractivity contribution >= 4 is 27.7 Å². The summed E-state index contributed by atoms with van der Waals surface area (Å²) >= 11 is 3.33.